The van der Waals surface area contributed by atoms with Crippen LogP contribution in [0.25, 0.3) is 10.8 Å². The third-order valence-electron chi connectivity index (χ3n) is 1.83. The summed E-state index contributed by atoms with van der Waals surface area (Å²) in [5.41, 5.74) is 0. The zero-order valence-corrected chi connectivity index (χ0v) is 8.41. The molecule has 1 nitrogen and oxygen atoms in total. The van der Waals surface area contributed by atoms with E-state index in [1.54, 1.807) is 12.1 Å². The third kappa shape index (κ3) is 1.16. The van der Waals surface area contributed by atoms with E-state index in [1.807, 2.05) is 24.3 Å². The quantitative estimate of drug-likeness (QED) is 0.651. The fourth-order valence-corrected chi connectivity index (χ4v) is 1.92. The van der Waals surface area contributed by atoms with Crippen molar-refractivity contribution in [3.63, 3.8) is 0 Å². The molecule has 2 rings (SSSR count). The Morgan fingerprint density at radius 2 is 1.58 bits per heavy atom. The molecule has 0 amide bonds. The van der Waals surface area contributed by atoms with Crippen LogP contribution in [0, 0.1) is 3.57 Å². The predicted molar refractivity (Wildman–Crippen MR) is 56.8 cm³/mol. The summed E-state index contributed by atoms with van der Waals surface area (Å²) in [4.78, 5) is 0. The number of hydrogen-bond donors (Lipinski definition) is 0. The van der Waals surface area contributed by atoms with Gasteiger partial charge < -0.3 is 0 Å². The molecule has 2 heteroatoms. The Kier molecular flexibility index (Phi) is 1.92. The van der Waals surface area contributed by atoms with Crippen LogP contribution in [0.1, 0.15) is 0 Å². The van der Waals surface area contributed by atoms with Crippen LogP contribution in [0.15, 0.2) is 36.4 Å². The molecule has 12 heavy (non-hydrogen) atoms. The van der Waals surface area contributed by atoms with E-state index < -0.39 is 0 Å². The third-order valence-corrected chi connectivity index (χ3v) is 2.77. The minimum absolute atomic E-state index is 0.103. The lowest BCUT2D eigenvalue weighted by atomic mass is 10.1. The number of fused-ring (bicyclic) bond motifs is 1. The van der Waals surface area contributed by atoms with Crippen molar-refractivity contribution in [1.82, 2.24) is 0 Å². The van der Waals surface area contributed by atoms with Crippen molar-refractivity contribution in [1.29, 1.82) is 0 Å². The molecule has 59 valence electrons. The van der Waals surface area contributed by atoms with Crippen LogP contribution < -0.4 is 0 Å². The first-order chi connectivity index (χ1) is 5.79. The van der Waals surface area contributed by atoms with Gasteiger partial charge >= 0.3 is 0 Å². The number of hydrogen-bond acceptors (Lipinski definition) is 0. The Labute approximate surface area is 84.2 Å². The number of rotatable bonds is 0. The van der Waals surface area contributed by atoms with E-state index in [4.69, 9.17) is 0 Å². The van der Waals surface area contributed by atoms with Gasteiger partial charge in [0, 0.05) is 8.96 Å². The molecule has 0 saturated carbocycles. The molecule has 0 aromatic heterocycles. The van der Waals surface area contributed by atoms with E-state index >= 15 is 0 Å². The lowest BCUT2D eigenvalue weighted by Gasteiger charge is -1.99. The molecule has 0 heterocycles. The summed E-state index contributed by atoms with van der Waals surface area (Å²) >= 11 is 2.24. The van der Waals surface area contributed by atoms with Gasteiger partial charge in [0.15, 0.2) is 5.75 Å². The maximum atomic E-state index is 11.3. The Hall–Kier alpha value is -0.770. The summed E-state index contributed by atoms with van der Waals surface area (Å²) in [6, 6.07) is 11.1. The molecule has 0 N–H and O–H groups in total. The van der Waals surface area contributed by atoms with Gasteiger partial charge in [0.2, 0.25) is 0 Å². The Morgan fingerprint density at radius 3 is 2.33 bits per heavy atom. The van der Waals surface area contributed by atoms with Crippen LogP contribution in [0.4, 0.5) is 0 Å². The van der Waals surface area contributed by atoms with E-state index in [0.29, 0.717) is 0 Å². The van der Waals surface area contributed by atoms with Crippen molar-refractivity contribution in [3.8, 4) is 5.75 Å². The first-order valence-electron chi connectivity index (χ1n) is 3.63. The Morgan fingerprint density at radius 1 is 0.917 bits per heavy atom. The molecule has 0 aliphatic carbocycles. The first kappa shape index (κ1) is 7.86. The average molecular weight is 269 g/mol. The molecule has 0 bridgehead atoms. The van der Waals surface area contributed by atoms with Crippen molar-refractivity contribution in [2.75, 3.05) is 0 Å². The molecule has 0 aliphatic heterocycles. The van der Waals surface area contributed by atoms with Crippen molar-refractivity contribution in [3.05, 3.63) is 40.0 Å². The molecular weight excluding hydrogens is 263 g/mol. The summed E-state index contributed by atoms with van der Waals surface area (Å²) < 4.78 is 1.13. The molecule has 0 spiro atoms. The van der Waals surface area contributed by atoms with Crippen LogP contribution in [-0.4, -0.2) is 0 Å². The van der Waals surface area contributed by atoms with Gasteiger partial charge in [-0.2, -0.15) is 0 Å². The van der Waals surface area contributed by atoms with Crippen LogP contribution in [0.2, 0.25) is 0 Å². The molecule has 2 aromatic carbocycles. The maximum Gasteiger partial charge on any atom is 0.186 e. The number of halogens is 1. The fraction of sp³-hybridized carbons (Fsp3) is 0. The van der Waals surface area contributed by atoms with Crippen LogP contribution in [0.5, 0.6) is 5.75 Å². The molecule has 0 unspecified atom stereocenters. The van der Waals surface area contributed by atoms with Gasteiger partial charge in [-0.05, 0) is 40.1 Å². The van der Waals surface area contributed by atoms with Crippen LogP contribution >= 0.6 is 22.6 Å². The average Bonchev–Trinajstić information content (AvgIpc) is 2.07. The van der Waals surface area contributed by atoms with Crippen LogP contribution in [0.3, 0.4) is 0 Å². The van der Waals surface area contributed by atoms with E-state index in [9.17, 15) is 5.11 Å². The van der Waals surface area contributed by atoms with E-state index in [2.05, 4.69) is 22.6 Å². The molecule has 2 aromatic rings. The zero-order chi connectivity index (χ0) is 8.55. The molecule has 0 fully saturated rings. The largest absolute Gasteiger partial charge is 0.289 e. The first-order valence-corrected chi connectivity index (χ1v) is 4.71. The highest BCUT2D eigenvalue weighted by atomic mass is 127. The van der Waals surface area contributed by atoms with E-state index in [1.165, 1.54) is 0 Å². The fourth-order valence-electron chi connectivity index (χ4n) is 1.24. The van der Waals surface area contributed by atoms with Crippen molar-refractivity contribution < 1.29 is 5.11 Å². The molecular formula is C10H6IO. The smallest absolute Gasteiger partial charge is 0.186 e. The highest BCUT2D eigenvalue weighted by Crippen LogP contribution is 2.27. The van der Waals surface area contributed by atoms with Gasteiger partial charge in [0.05, 0.1) is 0 Å². The molecule has 1 radical (unpaired) electrons. The number of benzene rings is 2. The molecule has 0 saturated heterocycles. The summed E-state index contributed by atoms with van der Waals surface area (Å²) in [5.74, 6) is 0.103. The Bertz CT molecular complexity index is 382. The van der Waals surface area contributed by atoms with E-state index in [0.717, 1.165) is 14.3 Å². The van der Waals surface area contributed by atoms with Gasteiger partial charge in [-0.15, -0.1) is 0 Å². The molecule has 0 atom stereocenters. The van der Waals surface area contributed by atoms with Crippen molar-refractivity contribution in [2.24, 2.45) is 0 Å². The van der Waals surface area contributed by atoms with Gasteiger partial charge in [0.1, 0.15) is 0 Å². The second-order valence-corrected chi connectivity index (χ2v) is 3.75. The van der Waals surface area contributed by atoms with Gasteiger partial charge in [-0.3, -0.25) is 5.11 Å². The normalized spacial score (nSPS) is 10.4. The summed E-state index contributed by atoms with van der Waals surface area (Å²) in [6.45, 7) is 0. The monoisotopic (exact) mass is 269 g/mol. The lowest BCUT2D eigenvalue weighted by Crippen LogP contribution is -1.76. The summed E-state index contributed by atoms with van der Waals surface area (Å²) in [6.07, 6.45) is 0. The van der Waals surface area contributed by atoms with Gasteiger partial charge in [0.25, 0.3) is 0 Å². The second-order valence-electron chi connectivity index (χ2n) is 2.59. The van der Waals surface area contributed by atoms with Gasteiger partial charge in [-0.25, -0.2) is 0 Å². The maximum absolute atomic E-state index is 11.3. The minimum atomic E-state index is 0.103. The van der Waals surface area contributed by atoms with Crippen LogP contribution in [-0.2, 0) is 5.11 Å². The molecule has 0 aliphatic rings. The highest BCUT2D eigenvalue weighted by Gasteiger charge is 2.01. The topological polar surface area (TPSA) is 19.9 Å². The minimum Gasteiger partial charge on any atom is -0.289 e. The second kappa shape index (κ2) is 2.94. The SMILES string of the molecule is [O]c1cccc2c(I)cccc12. The summed E-state index contributed by atoms with van der Waals surface area (Å²) in [5, 5.41) is 13.2. The zero-order valence-electron chi connectivity index (χ0n) is 6.25. The summed E-state index contributed by atoms with van der Waals surface area (Å²) in [7, 11) is 0. The van der Waals surface area contributed by atoms with Crippen molar-refractivity contribution >= 4 is 33.4 Å². The van der Waals surface area contributed by atoms with Crippen molar-refractivity contribution in [2.45, 2.75) is 0 Å². The van der Waals surface area contributed by atoms with Gasteiger partial charge in [-0.1, -0.05) is 24.3 Å². The predicted octanol–water partition coefficient (Wildman–Crippen LogP) is 3.59. The Balaban J connectivity index is 2.94. The van der Waals surface area contributed by atoms with E-state index in [-0.39, 0.29) is 5.75 Å². The standard InChI is InChI=1S/C10H6IO/c11-9-5-1-4-8-7(9)3-2-6-10(8)12/h1-6H. The lowest BCUT2D eigenvalue weighted by molar-refractivity contribution is 0.360. The highest BCUT2D eigenvalue weighted by molar-refractivity contribution is 14.1.